The van der Waals surface area contributed by atoms with Gasteiger partial charge in [0.2, 0.25) is 9.84 Å². The van der Waals surface area contributed by atoms with E-state index in [0.717, 1.165) is 0 Å². The molecule has 0 aliphatic heterocycles. The van der Waals surface area contributed by atoms with Gasteiger partial charge in [0.15, 0.2) is 0 Å². The van der Waals surface area contributed by atoms with Gasteiger partial charge in [-0.1, -0.05) is 0 Å². The van der Waals surface area contributed by atoms with Gasteiger partial charge in [0.1, 0.15) is 0 Å². The summed E-state index contributed by atoms with van der Waals surface area (Å²) in [6.07, 6.45) is -5.67. The lowest BCUT2D eigenvalue weighted by molar-refractivity contribution is -0.0797. The van der Waals surface area contributed by atoms with Crippen LogP contribution in [0.2, 0.25) is 0 Å². The van der Waals surface area contributed by atoms with Crippen LogP contribution >= 0.6 is 0 Å². The Hall–Kier alpha value is -0.660. The van der Waals surface area contributed by atoms with E-state index in [2.05, 4.69) is 0 Å². The largest absolute Gasteiger partial charge is 0.410 e. The SMILES string of the molecule is CC(F)(F)S(=O)(=O)C=CC(F)(F)F. The molecule has 0 saturated heterocycles. The predicted molar refractivity (Wildman–Crippen MR) is 34.7 cm³/mol. The molecule has 8 heteroatoms. The Bertz CT molecular complexity index is 294. The third-order valence-electron chi connectivity index (χ3n) is 0.936. The lowest BCUT2D eigenvalue weighted by atomic mass is 10.6. The highest BCUT2D eigenvalue weighted by molar-refractivity contribution is 7.95. The van der Waals surface area contributed by atoms with Crippen LogP contribution < -0.4 is 0 Å². The molecular formula is C5H5F5O2S. The summed E-state index contributed by atoms with van der Waals surface area (Å²) in [7, 11) is -5.16. The van der Waals surface area contributed by atoms with E-state index < -0.39 is 32.8 Å². The topological polar surface area (TPSA) is 34.1 Å². The van der Waals surface area contributed by atoms with Crippen LogP contribution in [-0.4, -0.2) is 19.8 Å². The van der Waals surface area contributed by atoms with Gasteiger partial charge in [-0.15, -0.1) is 0 Å². The average Bonchev–Trinajstić information content (AvgIpc) is 1.79. The van der Waals surface area contributed by atoms with E-state index in [1.165, 1.54) is 0 Å². The highest BCUT2D eigenvalue weighted by Gasteiger charge is 2.38. The van der Waals surface area contributed by atoms with Crippen LogP contribution in [0, 0.1) is 0 Å². The molecule has 0 amide bonds. The summed E-state index contributed by atoms with van der Waals surface area (Å²) < 4.78 is 79.0. The van der Waals surface area contributed by atoms with Gasteiger partial charge in [0.05, 0.1) is 0 Å². The van der Waals surface area contributed by atoms with Crippen molar-refractivity contribution < 1.29 is 30.4 Å². The molecule has 0 rings (SSSR count). The van der Waals surface area contributed by atoms with Crippen molar-refractivity contribution in [3.8, 4) is 0 Å². The van der Waals surface area contributed by atoms with Crippen LogP contribution in [0.5, 0.6) is 0 Å². The minimum absolute atomic E-state index is 0.00302. The molecule has 0 aromatic carbocycles. The maximum atomic E-state index is 12.1. The van der Waals surface area contributed by atoms with Gasteiger partial charge in [-0.25, -0.2) is 8.42 Å². The summed E-state index contributed by atoms with van der Waals surface area (Å²) in [5.41, 5.74) is 0. The van der Waals surface area contributed by atoms with E-state index in [1.54, 1.807) is 0 Å². The molecule has 0 atom stereocenters. The quantitative estimate of drug-likeness (QED) is 0.673. The lowest BCUT2D eigenvalue weighted by Gasteiger charge is -2.07. The molecule has 0 radical (unpaired) electrons. The fraction of sp³-hybridized carbons (Fsp3) is 0.600. The van der Waals surface area contributed by atoms with Crippen molar-refractivity contribution in [1.29, 1.82) is 0 Å². The molecule has 0 unspecified atom stereocenters. The Morgan fingerprint density at radius 2 is 1.46 bits per heavy atom. The normalized spacial score (nSPS) is 15.2. The molecule has 78 valence electrons. The molecule has 0 aliphatic carbocycles. The summed E-state index contributed by atoms with van der Waals surface area (Å²) in [4.78, 5) is 0. The van der Waals surface area contributed by atoms with Gasteiger partial charge in [-0.05, 0) is 0 Å². The average molecular weight is 224 g/mol. The highest BCUT2D eigenvalue weighted by atomic mass is 32.2. The minimum Gasteiger partial charge on any atom is -0.218 e. The first-order chi connectivity index (χ1) is 5.46. The fourth-order valence-corrected chi connectivity index (χ4v) is 0.859. The molecule has 0 bridgehead atoms. The van der Waals surface area contributed by atoms with Crippen LogP contribution in [0.3, 0.4) is 0 Å². The van der Waals surface area contributed by atoms with E-state index in [-0.39, 0.29) is 6.92 Å². The summed E-state index contributed by atoms with van der Waals surface area (Å²) in [6.45, 7) is 0.00302. The molecule has 2 nitrogen and oxygen atoms in total. The monoisotopic (exact) mass is 224 g/mol. The Morgan fingerprint density at radius 1 is 1.08 bits per heavy atom. The van der Waals surface area contributed by atoms with Crippen LogP contribution in [0.4, 0.5) is 22.0 Å². The summed E-state index contributed by atoms with van der Waals surface area (Å²) >= 11 is 0. The predicted octanol–water partition coefficient (Wildman–Crippen LogP) is 2.09. The first-order valence-corrected chi connectivity index (χ1v) is 4.39. The van der Waals surface area contributed by atoms with Crippen LogP contribution in [0.1, 0.15) is 6.92 Å². The molecule has 0 saturated carbocycles. The second-order valence-electron chi connectivity index (χ2n) is 2.20. The van der Waals surface area contributed by atoms with Gasteiger partial charge in [0, 0.05) is 18.4 Å². The third kappa shape index (κ3) is 4.20. The maximum Gasteiger partial charge on any atom is 0.410 e. The summed E-state index contributed by atoms with van der Waals surface area (Å²) in [6, 6.07) is 0. The van der Waals surface area contributed by atoms with Crippen molar-refractivity contribution in [2.24, 2.45) is 0 Å². The Morgan fingerprint density at radius 3 is 1.69 bits per heavy atom. The molecule has 0 spiro atoms. The lowest BCUT2D eigenvalue weighted by Crippen LogP contribution is -2.22. The Labute approximate surface area is 71.0 Å². The molecule has 13 heavy (non-hydrogen) atoms. The van der Waals surface area contributed by atoms with Crippen LogP contribution in [0.25, 0.3) is 0 Å². The minimum atomic E-state index is -5.16. The first-order valence-electron chi connectivity index (χ1n) is 2.84. The summed E-state index contributed by atoms with van der Waals surface area (Å²) in [5, 5.41) is -4.75. The molecule has 0 N–H and O–H groups in total. The number of allylic oxidation sites excluding steroid dienone is 1. The molecule has 0 aromatic rings. The van der Waals surface area contributed by atoms with Crippen molar-refractivity contribution >= 4 is 9.84 Å². The van der Waals surface area contributed by atoms with Crippen LogP contribution in [-0.2, 0) is 9.84 Å². The van der Waals surface area contributed by atoms with Crippen molar-refractivity contribution in [1.82, 2.24) is 0 Å². The first kappa shape index (κ1) is 12.3. The standard InChI is InChI=1S/C5H5F5O2S/c1-4(6,7)13(11,12)3-2-5(8,9)10/h2-3H,1H3. The zero-order chi connectivity index (χ0) is 10.9. The number of hydrogen-bond donors (Lipinski definition) is 0. The zero-order valence-corrected chi connectivity index (χ0v) is 7.09. The van der Waals surface area contributed by atoms with E-state index in [1.807, 2.05) is 0 Å². The van der Waals surface area contributed by atoms with Crippen molar-refractivity contribution in [3.63, 3.8) is 0 Å². The highest BCUT2D eigenvalue weighted by Crippen LogP contribution is 2.24. The van der Waals surface area contributed by atoms with E-state index >= 15 is 0 Å². The number of hydrogen-bond acceptors (Lipinski definition) is 2. The molecule has 0 heterocycles. The zero-order valence-electron chi connectivity index (χ0n) is 6.27. The van der Waals surface area contributed by atoms with E-state index in [4.69, 9.17) is 0 Å². The Balaban J connectivity index is 4.85. The van der Waals surface area contributed by atoms with Gasteiger partial charge in [-0.2, -0.15) is 22.0 Å². The van der Waals surface area contributed by atoms with E-state index in [9.17, 15) is 30.4 Å². The van der Waals surface area contributed by atoms with Gasteiger partial charge < -0.3 is 0 Å². The molecule has 0 aliphatic rings. The van der Waals surface area contributed by atoms with Crippen molar-refractivity contribution in [3.05, 3.63) is 11.5 Å². The second kappa shape index (κ2) is 3.24. The van der Waals surface area contributed by atoms with Gasteiger partial charge >= 0.3 is 11.4 Å². The summed E-state index contributed by atoms with van der Waals surface area (Å²) in [5.74, 6) is 0. The van der Waals surface area contributed by atoms with Gasteiger partial charge in [-0.3, -0.25) is 0 Å². The Kier molecular flexibility index (Phi) is 3.08. The van der Waals surface area contributed by atoms with Gasteiger partial charge in [0.25, 0.3) is 0 Å². The fourth-order valence-electron chi connectivity index (χ4n) is 0.286. The van der Waals surface area contributed by atoms with Crippen molar-refractivity contribution in [2.75, 3.05) is 0 Å². The van der Waals surface area contributed by atoms with Crippen LogP contribution in [0.15, 0.2) is 11.5 Å². The molecular weight excluding hydrogens is 219 g/mol. The smallest absolute Gasteiger partial charge is 0.218 e. The second-order valence-corrected chi connectivity index (χ2v) is 4.28. The number of alkyl halides is 5. The number of halogens is 5. The number of rotatable bonds is 2. The van der Waals surface area contributed by atoms with Crippen molar-refractivity contribution in [2.45, 2.75) is 18.4 Å². The maximum absolute atomic E-state index is 12.1. The molecule has 0 fully saturated rings. The van der Waals surface area contributed by atoms with E-state index in [0.29, 0.717) is 0 Å². The third-order valence-corrected chi connectivity index (χ3v) is 2.43. The molecule has 0 aromatic heterocycles. The number of sulfone groups is 1.